The molecule has 2 aliphatic rings. The summed E-state index contributed by atoms with van der Waals surface area (Å²) in [7, 11) is 6.39. The molecule has 1 aliphatic heterocycles. The van der Waals surface area contributed by atoms with Crippen LogP contribution in [0.3, 0.4) is 0 Å². The van der Waals surface area contributed by atoms with Crippen molar-refractivity contribution in [2.45, 2.75) is 169 Å². The number of carbonyl (C=O) groups is 5. The standard InChI is InChI=1S/C50H82N4O9/c1-14-34(7)45(52(10)49(59)43(31(2)3)51-48(58)44(32(4)5)53(11)50(60)63-38-24-19-18-21-33(6)26-27-38)41(61-12)30-42(56)54-28-20-25-39(54)47(62-13)36(9)40(55)29-35(8)46(57)37-22-16-15-17-23-37/h15-17,19,22-24,31-36,38-39,41,43-47,57H,14,18,20-21,25-30H2,1-13H3,(H,51,58)/b24-19+/t33-,34-,35-,36-,38?,39-,41+,43-,44-,45-,46+,47+/m0/s1. The van der Waals surface area contributed by atoms with E-state index in [0.29, 0.717) is 31.7 Å². The second-order valence-corrected chi connectivity index (χ2v) is 19.2. The highest BCUT2D eigenvalue weighted by Gasteiger charge is 2.44. The van der Waals surface area contributed by atoms with Crippen molar-refractivity contribution in [1.82, 2.24) is 20.0 Å². The highest BCUT2D eigenvalue weighted by molar-refractivity contribution is 5.92. The molecular formula is C50H82N4O9. The fourth-order valence-electron chi connectivity index (χ4n) is 9.57. The lowest BCUT2D eigenvalue weighted by Gasteiger charge is -2.41. The summed E-state index contributed by atoms with van der Waals surface area (Å²) in [6.45, 7) is 17.9. The van der Waals surface area contributed by atoms with Crippen molar-refractivity contribution in [3.05, 3.63) is 48.0 Å². The molecule has 13 nitrogen and oxygen atoms in total. The number of hydrogen-bond donors (Lipinski definition) is 2. The largest absolute Gasteiger partial charge is 0.442 e. The molecule has 1 aromatic carbocycles. The second-order valence-electron chi connectivity index (χ2n) is 19.2. The molecule has 63 heavy (non-hydrogen) atoms. The predicted octanol–water partition coefficient (Wildman–Crippen LogP) is 7.60. The zero-order chi connectivity index (χ0) is 47.1. The Balaban J connectivity index is 1.76. The number of likely N-dealkylation sites (N-methyl/N-ethyl adjacent to an activating group) is 2. The van der Waals surface area contributed by atoms with E-state index >= 15 is 0 Å². The number of methoxy groups -OCH3 is 2. The van der Waals surface area contributed by atoms with Gasteiger partial charge in [0.25, 0.3) is 0 Å². The molecule has 0 bridgehead atoms. The summed E-state index contributed by atoms with van der Waals surface area (Å²) < 4.78 is 18.0. The van der Waals surface area contributed by atoms with Gasteiger partial charge in [-0.2, -0.15) is 0 Å². The van der Waals surface area contributed by atoms with E-state index in [1.807, 2.05) is 91.8 Å². The van der Waals surface area contributed by atoms with E-state index in [2.05, 4.69) is 18.3 Å². The molecular weight excluding hydrogens is 801 g/mol. The number of amides is 4. The van der Waals surface area contributed by atoms with Gasteiger partial charge in [0.2, 0.25) is 17.7 Å². The molecule has 2 N–H and O–H groups in total. The number of Topliss-reactive ketones (excluding diaryl/α,β-unsaturated/α-hetero) is 1. The van der Waals surface area contributed by atoms with E-state index < -0.39 is 54.4 Å². The number of aliphatic hydroxyl groups is 1. The lowest BCUT2D eigenvalue weighted by Crippen LogP contribution is -2.60. The third kappa shape index (κ3) is 14.6. The Bertz CT molecular complexity index is 1640. The van der Waals surface area contributed by atoms with Gasteiger partial charge in [-0.05, 0) is 79.8 Å². The van der Waals surface area contributed by atoms with E-state index in [9.17, 15) is 29.1 Å². The van der Waals surface area contributed by atoms with Crippen LogP contribution < -0.4 is 5.32 Å². The number of ether oxygens (including phenoxy) is 3. The van der Waals surface area contributed by atoms with E-state index in [-0.39, 0.29) is 66.3 Å². The van der Waals surface area contributed by atoms with Crippen molar-refractivity contribution in [3.8, 4) is 0 Å². The summed E-state index contributed by atoms with van der Waals surface area (Å²) in [5, 5.41) is 14.0. The maximum Gasteiger partial charge on any atom is 0.410 e. The van der Waals surface area contributed by atoms with E-state index in [1.54, 1.807) is 38.1 Å². The number of ketones is 1. The lowest BCUT2D eigenvalue weighted by atomic mass is 9.85. The van der Waals surface area contributed by atoms with Crippen LogP contribution >= 0.6 is 0 Å². The average molecular weight is 883 g/mol. The average Bonchev–Trinajstić information content (AvgIpc) is 3.74. The van der Waals surface area contributed by atoms with Crippen molar-refractivity contribution < 1.29 is 43.3 Å². The first-order valence-electron chi connectivity index (χ1n) is 23.6. The minimum atomic E-state index is -0.927. The fourth-order valence-corrected chi connectivity index (χ4v) is 9.57. The van der Waals surface area contributed by atoms with Gasteiger partial charge >= 0.3 is 6.09 Å². The molecule has 0 aromatic heterocycles. The number of aliphatic hydroxyl groups excluding tert-OH is 1. The van der Waals surface area contributed by atoms with Gasteiger partial charge in [0.05, 0.1) is 36.8 Å². The first-order chi connectivity index (χ1) is 29.8. The molecule has 12 atom stereocenters. The molecule has 1 fully saturated rings. The molecule has 356 valence electrons. The van der Waals surface area contributed by atoms with Gasteiger partial charge in [0, 0.05) is 47.2 Å². The summed E-state index contributed by atoms with van der Waals surface area (Å²) in [5.41, 5.74) is 0.760. The number of rotatable bonds is 22. The van der Waals surface area contributed by atoms with Gasteiger partial charge in [0.15, 0.2) is 0 Å². The molecule has 3 rings (SSSR count). The molecule has 4 amide bonds. The maximum atomic E-state index is 14.6. The van der Waals surface area contributed by atoms with E-state index in [0.717, 1.165) is 31.2 Å². The van der Waals surface area contributed by atoms with Crippen LogP contribution in [0.4, 0.5) is 4.79 Å². The number of nitrogens with zero attached hydrogens (tertiary/aromatic N) is 3. The Morgan fingerprint density at radius 1 is 0.857 bits per heavy atom. The van der Waals surface area contributed by atoms with E-state index in [1.165, 1.54) is 4.90 Å². The number of carbonyl (C=O) groups excluding carboxylic acids is 5. The molecule has 1 unspecified atom stereocenters. The monoisotopic (exact) mass is 883 g/mol. The number of allylic oxidation sites excluding steroid dienone is 1. The SMILES string of the molecule is CC[C@H](C)[C@@H]([C@@H](CC(=O)N1CCC[C@H]1[C@H](OC)[C@@H](C)C(=O)C[C@H](C)[C@@H](O)c1ccccc1)OC)N(C)C(=O)[C@@H](NC(=O)[C@H](C(C)C)N(C)C(=O)OC1/C=C/CC[C@H](C)CC1)C(C)C. The minimum absolute atomic E-state index is 0.00514. The molecule has 1 heterocycles. The van der Waals surface area contributed by atoms with Crippen LogP contribution in [0.15, 0.2) is 42.5 Å². The van der Waals surface area contributed by atoms with Gasteiger partial charge in [-0.3, -0.25) is 24.1 Å². The summed E-state index contributed by atoms with van der Waals surface area (Å²) >= 11 is 0. The van der Waals surface area contributed by atoms with Crippen molar-refractivity contribution in [2.24, 2.45) is 35.5 Å². The second kappa shape index (κ2) is 25.6. The summed E-state index contributed by atoms with van der Waals surface area (Å²) in [5.74, 6) is -1.93. The third-order valence-electron chi connectivity index (χ3n) is 13.8. The molecule has 0 saturated carbocycles. The molecule has 13 heteroatoms. The zero-order valence-corrected chi connectivity index (χ0v) is 40.8. The maximum absolute atomic E-state index is 14.6. The topological polar surface area (TPSA) is 155 Å². The van der Waals surface area contributed by atoms with Crippen molar-refractivity contribution in [2.75, 3.05) is 34.9 Å². The number of nitrogens with one attached hydrogen (secondary N) is 1. The Morgan fingerprint density at radius 2 is 1.52 bits per heavy atom. The normalized spacial score (nSPS) is 22.9. The Kier molecular flexibility index (Phi) is 21.8. The highest BCUT2D eigenvalue weighted by atomic mass is 16.6. The number of hydrogen-bond acceptors (Lipinski definition) is 9. The quantitative estimate of drug-likeness (QED) is 0.112. The molecule has 0 radical (unpaired) electrons. The van der Waals surface area contributed by atoms with Gasteiger partial charge in [-0.25, -0.2) is 4.79 Å². The first kappa shape index (κ1) is 53.5. The third-order valence-corrected chi connectivity index (χ3v) is 13.8. The van der Waals surface area contributed by atoms with Crippen molar-refractivity contribution in [3.63, 3.8) is 0 Å². The fraction of sp³-hybridized carbons (Fsp3) is 0.740. The van der Waals surface area contributed by atoms with Crippen LogP contribution in [0.2, 0.25) is 0 Å². The molecule has 0 spiro atoms. The van der Waals surface area contributed by atoms with E-state index in [4.69, 9.17) is 14.2 Å². The summed E-state index contributed by atoms with van der Waals surface area (Å²) in [6.07, 6.45) is 6.98. The summed E-state index contributed by atoms with van der Waals surface area (Å²) in [6, 6.07) is 6.63. The van der Waals surface area contributed by atoms with Crippen LogP contribution in [0.5, 0.6) is 0 Å². The van der Waals surface area contributed by atoms with Crippen LogP contribution in [0.25, 0.3) is 0 Å². The van der Waals surface area contributed by atoms with Gasteiger partial charge in [-0.15, -0.1) is 0 Å². The van der Waals surface area contributed by atoms with Crippen LogP contribution in [0, 0.1) is 35.5 Å². The van der Waals surface area contributed by atoms with Crippen LogP contribution in [-0.4, -0.2) is 127 Å². The van der Waals surface area contributed by atoms with Crippen LogP contribution in [0.1, 0.15) is 132 Å². The van der Waals surface area contributed by atoms with Crippen molar-refractivity contribution >= 4 is 29.6 Å². The Hall–Kier alpha value is -3.81. The minimum Gasteiger partial charge on any atom is -0.442 e. The number of likely N-dealkylation sites (tertiary alicyclic amines) is 1. The zero-order valence-electron chi connectivity index (χ0n) is 40.8. The molecule has 1 aliphatic carbocycles. The Labute approximate surface area is 379 Å². The number of benzene rings is 1. The first-order valence-corrected chi connectivity index (χ1v) is 23.6. The predicted molar refractivity (Wildman–Crippen MR) is 247 cm³/mol. The van der Waals surface area contributed by atoms with Gasteiger partial charge in [0.1, 0.15) is 24.0 Å². The smallest absolute Gasteiger partial charge is 0.410 e. The van der Waals surface area contributed by atoms with Gasteiger partial charge in [-0.1, -0.05) is 105 Å². The van der Waals surface area contributed by atoms with Gasteiger partial charge < -0.3 is 34.4 Å². The highest BCUT2D eigenvalue weighted by Crippen LogP contribution is 2.32. The van der Waals surface area contributed by atoms with Crippen LogP contribution in [-0.2, 0) is 33.4 Å². The molecule has 1 aromatic rings. The summed E-state index contributed by atoms with van der Waals surface area (Å²) in [4.78, 5) is 75.0. The van der Waals surface area contributed by atoms with Crippen molar-refractivity contribution in [1.29, 1.82) is 0 Å². The lowest BCUT2D eigenvalue weighted by molar-refractivity contribution is -0.148. The molecule has 1 saturated heterocycles. The Morgan fingerprint density at radius 3 is 2.11 bits per heavy atom.